The van der Waals surface area contributed by atoms with Crippen LogP contribution in [0.3, 0.4) is 0 Å². The predicted octanol–water partition coefficient (Wildman–Crippen LogP) is 3.37. The van der Waals surface area contributed by atoms with Gasteiger partial charge in [0.15, 0.2) is 0 Å². The molecule has 4 nitrogen and oxygen atoms in total. The predicted molar refractivity (Wildman–Crippen MR) is 90.1 cm³/mol. The summed E-state index contributed by atoms with van der Waals surface area (Å²) < 4.78 is 5.52. The zero-order valence-electron chi connectivity index (χ0n) is 13.1. The summed E-state index contributed by atoms with van der Waals surface area (Å²) in [4.78, 5) is 25.6. The lowest BCUT2D eigenvalue weighted by Crippen LogP contribution is -2.36. The molecule has 0 aliphatic carbocycles. The quantitative estimate of drug-likeness (QED) is 0.602. The Morgan fingerprint density at radius 2 is 1.83 bits per heavy atom. The summed E-state index contributed by atoms with van der Waals surface area (Å²) >= 11 is 5.87. The molecule has 0 spiro atoms. The van der Waals surface area contributed by atoms with Crippen LogP contribution in [0.1, 0.15) is 15.9 Å². The van der Waals surface area contributed by atoms with E-state index in [2.05, 4.69) is 0 Å². The van der Waals surface area contributed by atoms with E-state index in [9.17, 15) is 9.59 Å². The molecule has 0 unspecified atom stereocenters. The molecule has 0 aliphatic heterocycles. The third kappa shape index (κ3) is 4.83. The molecular formula is C18H18ClNO3. The Morgan fingerprint density at radius 1 is 1.13 bits per heavy atom. The lowest BCUT2D eigenvalue weighted by molar-refractivity contribution is -0.125. The van der Waals surface area contributed by atoms with Gasteiger partial charge in [0.2, 0.25) is 5.78 Å². The molecule has 0 aliphatic rings. The van der Waals surface area contributed by atoms with E-state index in [0.29, 0.717) is 22.9 Å². The first kappa shape index (κ1) is 17.0. The van der Waals surface area contributed by atoms with Crippen LogP contribution < -0.4 is 4.74 Å². The van der Waals surface area contributed by atoms with E-state index in [-0.39, 0.29) is 6.61 Å². The molecule has 1 amide bonds. The van der Waals surface area contributed by atoms with Gasteiger partial charge in [-0.25, -0.2) is 0 Å². The third-order valence-electron chi connectivity index (χ3n) is 3.35. The number of aryl methyl sites for hydroxylation is 1. The fourth-order valence-corrected chi connectivity index (χ4v) is 2.14. The number of rotatable bonds is 6. The first-order chi connectivity index (χ1) is 11.0. The largest absolute Gasteiger partial charge is 0.492 e. The standard InChI is InChI=1S/C18H18ClNO3/c1-13-6-8-14(9-7-13)17(21)18(22)20(2)10-11-23-16-5-3-4-15(19)12-16/h3-9,12H,10-11H2,1-2H3. The van der Waals surface area contributed by atoms with Gasteiger partial charge in [-0.05, 0) is 25.1 Å². The summed E-state index contributed by atoms with van der Waals surface area (Å²) in [5, 5.41) is 0.585. The number of hydrogen-bond acceptors (Lipinski definition) is 3. The van der Waals surface area contributed by atoms with Crippen molar-refractivity contribution in [3.63, 3.8) is 0 Å². The van der Waals surface area contributed by atoms with Gasteiger partial charge in [-0.1, -0.05) is 47.5 Å². The smallest absolute Gasteiger partial charge is 0.294 e. The van der Waals surface area contributed by atoms with Crippen molar-refractivity contribution < 1.29 is 14.3 Å². The molecule has 120 valence electrons. The van der Waals surface area contributed by atoms with Crippen molar-refractivity contribution in [2.24, 2.45) is 0 Å². The minimum absolute atomic E-state index is 0.282. The van der Waals surface area contributed by atoms with Crippen LogP contribution in [0.15, 0.2) is 48.5 Å². The van der Waals surface area contributed by atoms with Crippen LogP contribution in [-0.2, 0) is 4.79 Å². The molecule has 0 atom stereocenters. The van der Waals surface area contributed by atoms with Crippen molar-refractivity contribution in [2.75, 3.05) is 20.2 Å². The van der Waals surface area contributed by atoms with Crippen molar-refractivity contribution in [3.05, 3.63) is 64.7 Å². The van der Waals surface area contributed by atoms with E-state index in [1.165, 1.54) is 4.90 Å². The highest BCUT2D eigenvalue weighted by atomic mass is 35.5. The van der Waals surface area contributed by atoms with Gasteiger partial charge >= 0.3 is 0 Å². The second-order valence-corrected chi connectivity index (χ2v) is 5.66. The zero-order chi connectivity index (χ0) is 16.8. The molecular weight excluding hydrogens is 314 g/mol. The summed E-state index contributed by atoms with van der Waals surface area (Å²) in [5.74, 6) is -0.443. The van der Waals surface area contributed by atoms with Gasteiger partial charge in [0.1, 0.15) is 12.4 Å². The Hall–Kier alpha value is -2.33. The molecule has 0 N–H and O–H groups in total. The average Bonchev–Trinajstić information content (AvgIpc) is 2.54. The Balaban J connectivity index is 1.87. The summed E-state index contributed by atoms with van der Waals surface area (Å²) in [5.41, 5.74) is 1.43. The normalized spacial score (nSPS) is 10.2. The zero-order valence-corrected chi connectivity index (χ0v) is 13.8. The second kappa shape index (κ2) is 7.79. The van der Waals surface area contributed by atoms with Crippen LogP contribution in [0.2, 0.25) is 5.02 Å². The van der Waals surface area contributed by atoms with Crippen molar-refractivity contribution >= 4 is 23.3 Å². The Kier molecular flexibility index (Phi) is 5.77. The number of likely N-dealkylation sites (N-methyl/N-ethyl adjacent to an activating group) is 1. The number of nitrogens with zero attached hydrogens (tertiary/aromatic N) is 1. The highest BCUT2D eigenvalue weighted by molar-refractivity contribution is 6.42. The lowest BCUT2D eigenvalue weighted by atomic mass is 10.1. The number of benzene rings is 2. The summed E-state index contributed by atoms with van der Waals surface area (Å²) in [6, 6.07) is 14.0. The SMILES string of the molecule is Cc1ccc(C(=O)C(=O)N(C)CCOc2cccc(Cl)c2)cc1. The molecule has 0 bridgehead atoms. The molecule has 23 heavy (non-hydrogen) atoms. The van der Waals surface area contributed by atoms with Crippen LogP contribution >= 0.6 is 11.6 Å². The average molecular weight is 332 g/mol. The maximum atomic E-state index is 12.1. The number of halogens is 1. The molecule has 2 rings (SSSR count). The van der Waals surface area contributed by atoms with Gasteiger partial charge in [-0.2, -0.15) is 0 Å². The van der Waals surface area contributed by atoms with Crippen LogP contribution in [0.5, 0.6) is 5.75 Å². The van der Waals surface area contributed by atoms with Gasteiger partial charge in [0, 0.05) is 17.6 Å². The molecule has 0 radical (unpaired) electrons. The van der Waals surface area contributed by atoms with Gasteiger partial charge in [0.05, 0.1) is 6.54 Å². The first-order valence-corrected chi connectivity index (χ1v) is 7.60. The number of Topliss-reactive ketones (excluding diaryl/α,β-unsaturated/α-hetero) is 1. The third-order valence-corrected chi connectivity index (χ3v) is 3.58. The molecule has 2 aromatic rings. The monoisotopic (exact) mass is 331 g/mol. The van der Waals surface area contributed by atoms with Crippen LogP contribution in [0, 0.1) is 6.92 Å². The van der Waals surface area contributed by atoms with E-state index < -0.39 is 11.7 Å². The number of carbonyl (C=O) groups excluding carboxylic acids is 2. The number of carbonyl (C=O) groups is 2. The molecule has 0 heterocycles. The van der Waals surface area contributed by atoms with Gasteiger partial charge < -0.3 is 9.64 Å². The number of hydrogen-bond donors (Lipinski definition) is 0. The highest BCUT2D eigenvalue weighted by Gasteiger charge is 2.20. The maximum absolute atomic E-state index is 12.1. The molecule has 0 saturated heterocycles. The van der Waals surface area contributed by atoms with E-state index >= 15 is 0 Å². The fraction of sp³-hybridized carbons (Fsp3) is 0.222. The van der Waals surface area contributed by atoms with E-state index in [1.807, 2.05) is 19.1 Å². The number of amides is 1. The minimum Gasteiger partial charge on any atom is -0.492 e. The topological polar surface area (TPSA) is 46.6 Å². The van der Waals surface area contributed by atoms with Crippen molar-refractivity contribution in [1.82, 2.24) is 4.90 Å². The fourth-order valence-electron chi connectivity index (χ4n) is 1.96. The van der Waals surface area contributed by atoms with Gasteiger partial charge in [-0.15, -0.1) is 0 Å². The van der Waals surface area contributed by atoms with Crippen LogP contribution in [-0.4, -0.2) is 36.8 Å². The maximum Gasteiger partial charge on any atom is 0.294 e. The molecule has 2 aromatic carbocycles. The molecule has 0 aromatic heterocycles. The van der Waals surface area contributed by atoms with Crippen molar-refractivity contribution in [1.29, 1.82) is 0 Å². The number of ether oxygens (including phenoxy) is 1. The highest BCUT2D eigenvalue weighted by Crippen LogP contribution is 2.16. The lowest BCUT2D eigenvalue weighted by Gasteiger charge is -2.16. The Bertz CT molecular complexity index is 698. The first-order valence-electron chi connectivity index (χ1n) is 7.22. The van der Waals surface area contributed by atoms with Crippen LogP contribution in [0.4, 0.5) is 0 Å². The van der Waals surface area contributed by atoms with E-state index in [0.717, 1.165) is 5.56 Å². The van der Waals surface area contributed by atoms with Crippen molar-refractivity contribution in [2.45, 2.75) is 6.92 Å². The molecule has 5 heteroatoms. The minimum atomic E-state index is -0.552. The summed E-state index contributed by atoms with van der Waals surface area (Å²) in [6.45, 7) is 2.52. The Labute approximate surface area is 140 Å². The van der Waals surface area contributed by atoms with E-state index in [1.54, 1.807) is 43.4 Å². The summed E-state index contributed by atoms with van der Waals surface area (Å²) in [6.07, 6.45) is 0. The van der Waals surface area contributed by atoms with E-state index in [4.69, 9.17) is 16.3 Å². The van der Waals surface area contributed by atoms with Crippen LogP contribution in [0.25, 0.3) is 0 Å². The Morgan fingerprint density at radius 3 is 2.48 bits per heavy atom. The second-order valence-electron chi connectivity index (χ2n) is 5.23. The summed E-state index contributed by atoms with van der Waals surface area (Å²) in [7, 11) is 1.58. The molecule has 0 fully saturated rings. The van der Waals surface area contributed by atoms with Gasteiger partial charge in [-0.3, -0.25) is 9.59 Å². The number of ketones is 1. The van der Waals surface area contributed by atoms with Crippen molar-refractivity contribution in [3.8, 4) is 5.75 Å². The molecule has 0 saturated carbocycles. The van der Waals surface area contributed by atoms with Gasteiger partial charge in [0.25, 0.3) is 5.91 Å².